The first-order chi connectivity index (χ1) is 17.9. The summed E-state index contributed by atoms with van der Waals surface area (Å²) < 4.78 is 6.21. The fraction of sp³-hybridized carbons (Fsp3) is 0.321. The number of hydrogen-bond acceptors (Lipinski definition) is 6. The van der Waals surface area contributed by atoms with Crippen LogP contribution in [0.1, 0.15) is 17.5 Å². The first-order valence-electron chi connectivity index (χ1n) is 12.3. The Hall–Kier alpha value is -3.27. The maximum Gasteiger partial charge on any atom is 0.296 e. The zero-order valence-corrected chi connectivity index (χ0v) is 21.9. The minimum absolute atomic E-state index is 0.182. The number of para-hydroxylation sites is 1. The fourth-order valence-corrected chi connectivity index (χ4v) is 5.77. The molecular formula is C28H28BrN3O5. The number of ether oxygens (including phenoxy) is 1. The number of benzene rings is 2. The number of anilines is 1. The fourth-order valence-electron chi connectivity index (χ4n) is 5.51. The van der Waals surface area contributed by atoms with Gasteiger partial charge >= 0.3 is 0 Å². The highest BCUT2D eigenvalue weighted by atomic mass is 79.9. The van der Waals surface area contributed by atoms with E-state index in [2.05, 4.69) is 27.4 Å². The number of rotatable bonds is 7. The third kappa shape index (κ3) is 4.11. The number of nitrogens with zero attached hydrogens (tertiary/aromatic N) is 3. The summed E-state index contributed by atoms with van der Waals surface area (Å²) in [6.07, 6.45) is 2.16. The van der Waals surface area contributed by atoms with Crippen LogP contribution in [0.5, 0.6) is 0 Å². The van der Waals surface area contributed by atoms with Crippen molar-refractivity contribution in [2.75, 3.05) is 50.8 Å². The molecule has 192 valence electrons. The zero-order valence-electron chi connectivity index (χ0n) is 20.4. The summed E-state index contributed by atoms with van der Waals surface area (Å²) in [4.78, 5) is 46.6. The third-order valence-electron chi connectivity index (χ3n) is 7.20. The van der Waals surface area contributed by atoms with Gasteiger partial charge in [-0.05, 0) is 24.6 Å². The zero-order chi connectivity index (χ0) is 26.2. The molecule has 1 spiro atoms. The van der Waals surface area contributed by atoms with E-state index in [9.17, 15) is 19.5 Å². The van der Waals surface area contributed by atoms with Crippen LogP contribution in [-0.4, -0.2) is 78.4 Å². The lowest BCUT2D eigenvalue weighted by molar-refractivity contribution is -0.143. The summed E-state index contributed by atoms with van der Waals surface area (Å²) in [6, 6.07) is 13.9. The summed E-state index contributed by atoms with van der Waals surface area (Å²) in [5, 5.41) is 11.5. The average molecular weight is 566 g/mol. The molecule has 3 heterocycles. The molecule has 5 rings (SSSR count). The van der Waals surface area contributed by atoms with Crippen molar-refractivity contribution in [3.63, 3.8) is 0 Å². The molecule has 0 aromatic heterocycles. The maximum absolute atomic E-state index is 14.3. The van der Waals surface area contributed by atoms with Gasteiger partial charge in [0.05, 0.1) is 24.5 Å². The van der Waals surface area contributed by atoms with Crippen molar-refractivity contribution in [3.8, 4) is 0 Å². The van der Waals surface area contributed by atoms with Crippen LogP contribution in [-0.2, 0) is 24.7 Å². The number of carbonyl (C=O) groups is 3. The molecule has 2 amide bonds. The lowest BCUT2D eigenvalue weighted by Gasteiger charge is -2.35. The van der Waals surface area contributed by atoms with Crippen molar-refractivity contribution in [2.45, 2.75) is 12.0 Å². The Morgan fingerprint density at radius 3 is 2.46 bits per heavy atom. The minimum Gasteiger partial charge on any atom is -0.507 e. The lowest BCUT2D eigenvalue weighted by atomic mass is 9.82. The molecular weight excluding hydrogens is 538 g/mol. The predicted octanol–water partition coefficient (Wildman–Crippen LogP) is 3.28. The van der Waals surface area contributed by atoms with Gasteiger partial charge in [0.25, 0.3) is 17.6 Å². The second-order valence-electron chi connectivity index (χ2n) is 9.26. The molecule has 0 aliphatic carbocycles. The molecule has 8 nitrogen and oxygen atoms in total. The molecule has 1 atom stereocenters. The van der Waals surface area contributed by atoms with Gasteiger partial charge in [0.1, 0.15) is 5.76 Å². The van der Waals surface area contributed by atoms with E-state index in [-0.39, 0.29) is 24.4 Å². The number of carbonyl (C=O) groups excluding carboxylic acids is 3. The number of Topliss-reactive ketones (excluding diaryl/α,β-unsaturated/α-hetero) is 1. The highest BCUT2D eigenvalue weighted by Crippen LogP contribution is 2.53. The Kier molecular flexibility index (Phi) is 7.02. The van der Waals surface area contributed by atoms with Crippen molar-refractivity contribution in [1.29, 1.82) is 0 Å². The molecule has 3 aliphatic heterocycles. The van der Waals surface area contributed by atoms with Crippen molar-refractivity contribution < 1.29 is 24.2 Å². The molecule has 37 heavy (non-hydrogen) atoms. The molecule has 9 heteroatoms. The van der Waals surface area contributed by atoms with Crippen LogP contribution in [0.3, 0.4) is 0 Å². The normalized spacial score (nSPS) is 23.2. The Bertz CT molecular complexity index is 1280. The highest BCUT2D eigenvalue weighted by molar-refractivity contribution is 9.10. The molecule has 2 fully saturated rings. The van der Waals surface area contributed by atoms with Gasteiger partial charge in [0.15, 0.2) is 5.54 Å². The summed E-state index contributed by atoms with van der Waals surface area (Å²) >= 11 is 3.38. The first kappa shape index (κ1) is 25.4. The number of fused-ring (bicyclic) bond motifs is 2. The predicted molar refractivity (Wildman–Crippen MR) is 143 cm³/mol. The maximum atomic E-state index is 14.3. The molecule has 2 aromatic rings. The van der Waals surface area contributed by atoms with E-state index in [1.165, 1.54) is 9.80 Å². The molecule has 0 bridgehead atoms. The van der Waals surface area contributed by atoms with E-state index in [4.69, 9.17) is 4.74 Å². The van der Waals surface area contributed by atoms with E-state index in [1.54, 1.807) is 54.6 Å². The molecule has 0 saturated carbocycles. The van der Waals surface area contributed by atoms with Crippen LogP contribution < -0.4 is 4.90 Å². The van der Waals surface area contributed by atoms with Crippen molar-refractivity contribution in [3.05, 3.63) is 82.4 Å². The summed E-state index contributed by atoms with van der Waals surface area (Å²) in [6.45, 7) is 7.76. The number of likely N-dealkylation sites (tertiary alicyclic amines) is 1. The van der Waals surface area contributed by atoms with E-state index in [1.807, 2.05) is 0 Å². The summed E-state index contributed by atoms with van der Waals surface area (Å²) in [5.41, 5.74) is -0.507. The topological polar surface area (TPSA) is 90.4 Å². The number of ketones is 1. The van der Waals surface area contributed by atoms with E-state index in [0.717, 1.165) is 17.6 Å². The van der Waals surface area contributed by atoms with Crippen LogP contribution in [0.2, 0.25) is 0 Å². The van der Waals surface area contributed by atoms with Crippen LogP contribution >= 0.6 is 15.9 Å². The Morgan fingerprint density at radius 1 is 1.05 bits per heavy atom. The van der Waals surface area contributed by atoms with Gasteiger partial charge in [-0.15, -0.1) is 6.58 Å². The van der Waals surface area contributed by atoms with Crippen molar-refractivity contribution in [2.24, 2.45) is 0 Å². The van der Waals surface area contributed by atoms with Crippen molar-refractivity contribution in [1.82, 2.24) is 9.80 Å². The number of hydrogen-bond donors (Lipinski definition) is 1. The summed E-state index contributed by atoms with van der Waals surface area (Å²) in [5.74, 6) is -2.47. The van der Waals surface area contributed by atoms with Crippen molar-refractivity contribution >= 4 is 45.0 Å². The lowest BCUT2D eigenvalue weighted by Crippen LogP contribution is -2.52. The number of amides is 2. The van der Waals surface area contributed by atoms with Gasteiger partial charge in [-0.3, -0.25) is 19.3 Å². The van der Waals surface area contributed by atoms with E-state index >= 15 is 0 Å². The van der Waals surface area contributed by atoms with Crippen LogP contribution in [0.15, 0.2) is 71.2 Å². The van der Waals surface area contributed by atoms with E-state index in [0.29, 0.717) is 43.0 Å². The number of halogens is 1. The Balaban J connectivity index is 1.65. The second kappa shape index (κ2) is 10.2. The first-order valence-corrected chi connectivity index (χ1v) is 13.1. The molecule has 1 N–H and O–H groups in total. The van der Waals surface area contributed by atoms with Crippen LogP contribution in [0.25, 0.3) is 5.76 Å². The molecule has 2 aromatic carbocycles. The Morgan fingerprint density at radius 2 is 1.76 bits per heavy atom. The highest BCUT2D eigenvalue weighted by Gasteiger charge is 2.66. The van der Waals surface area contributed by atoms with E-state index < -0.39 is 23.1 Å². The van der Waals surface area contributed by atoms with Gasteiger partial charge < -0.3 is 19.6 Å². The quantitative estimate of drug-likeness (QED) is 0.240. The molecule has 0 radical (unpaired) electrons. The standard InChI is InChI=1S/C28H28BrN3O5/c1-2-12-31-22-7-4-3-6-21(22)28(27(31)36)23(24(33)19-8-10-20(29)11-9-19)25(34)26(35)32(28)14-5-13-30-15-17-37-18-16-30/h2-4,6-11,33H,1,5,12-18H2/t28-/m0/s1. The second-order valence-corrected chi connectivity index (χ2v) is 10.2. The SMILES string of the molecule is C=CCN1C(=O)[C@@]2(C(=C(O)c3ccc(Br)cc3)C(=O)C(=O)N2CCCN2CCOCC2)c2ccccc21. The van der Waals surface area contributed by atoms with Gasteiger partial charge in [-0.1, -0.05) is 52.3 Å². The smallest absolute Gasteiger partial charge is 0.296 e. The summed E-state index contributed by atoms with van der Waals surface area (Å²) in [7, 11) is 0. The van der Waals surface area contributed by atoms with Gasteiger partial charge in [0.2, 0.25) is 0 Å². The minimum atomic E-state index is -1.75. The van der Waals surface area contributed by atoms with Gasteiger partial charge in [-0.2, -0.15) is 0 Å². The molecule has 2 saturated heterocycles. The molecule has 0 unspecified atom stereocenters. The monoisotopic (exact) mass is 565 g/mol. The number of aliphatic hydroxyl groups is 1. The Labute approximate surface area is 223 Å². The molecule has 3 aliphatic rings. The van der Waals surface area contributed by atoms with Crippen LogP contribution in [0, 0.1) is 0 Å². The number of aliphatic hydroxyl groups excluding tert-OH is 1. The third-order valence-corrected chi connectivity index (χ3v) is 7.73. The largest absolute Gasteiger partial charge is 0.507 e. The van der Waals surface area contributed by atoms with Gasteiger partial charge in [0, 0.05) is 48.3 Å². The average Bonchev–Trinajstić information content (AvgIpc) is 3.28. The van der Waals surface area contributed by atoms with Crippen LogP contribution in [0.4, 0.5) is 5.69 Å². The van der Waals surface area contributed by atoms with Gasteiger partial charge in [-0.25, -0.2) is 0 Å². The number of morpholine rings is 1.